The average Bonchev–Trinajstić information content (AvgIpc) is 3.05. The van der Waals surface area contributed by atoms with Crippen LogP contribution in [0.25, 0.3) is 11.4 Å². The van der Waals surface area contributed by atoms with E-state index in [0.29, 0.717) is 16.7 Å². The largest absolute Gasteiger partial charge is 0.270 e. The third-order valence-electron chi connectivity index (χ3n) is 3.66. The highest BCUT2D eigenvalue weighted by Crippen LogP contribution is 2.29. The second-order valence-corrected chi connectivity index (χ2v) is 7.13. The van der Waals surface area contributed by atoms with Crippen LogP contribution in [0.5, 0.6) is 0 Å². The van der Waals surface area contributed by atoms with Crippen LogP contribution in [0.15, 0.2) is 63.3 Å². The zero-order valence-electron chi connectivity index (χ0n) is 12.7. The maximum absolute atomic E-state index is 11.0. The van der Waals surface area contributed by atoms with Crippen molar-refractivity contribution in [3.05, 3.63) is 68.7 Å². The number of hydrogen-bond acceptors (Lipinski definition) is 6. The lowest BCUT2D eigenvalue weighted by Gasteiger charge is -2.13. The maximum Gasteiger partial charge on any atom is 0.270 e. The molecule has 1 aliphatic rings. The minimum Gasteiger partial charge on any atom is -0.258 e. The van der Waals surface area contributed by atoms with Gasteiger partial charge in [0.2, 0.25) is 5.16 Å². The van der Waals surface area contributed by atoms with Crippen LogP contribution in [-0.4, -0.2) is 31.3 Å². The number of nitrogens with zero attached hydrogens (tertiary/aromatic N) is 5. The van der Waals surface area contributed by atoms with Crippen molar-refractivity contribution >= 4 is 39.1 Å². The fraction of sp³-hybridized carbons (Fsp3) is 0.0625. The standard InChI is InChI=1S/C16H10BrN5O2S/c17-12-6-4-10(5-7-12)15-18-19-16-21(15)20-14(9-25-16)11-2-1-3-13(8-11)22(23)24/h1-8H,9H2. The molecule has 0 unspecified atom stereocenters. The number of benzene rings is 2. The number of fused-ring (bicyclic) bond motifs is 1. The quantitative estimate of drug-likeness (QED) is 0.476. The molecule has 1 aliphatic heterocycles. The van der Waals surface area contributed by atoms with Gasteiger partial charge in [-0.3, -0.25) is 10.1 Å². The van der Waals surface area contributed by atoms with Crippen molar-refractivity contribution in [3.63, 3.8) is 0 Å². The molecular formula is C16H10BrN5O2S. The molecule has 0 atom stereocenters. The lowest BCUT2D eigenvalue weighted by molar-refractivity contribution is -0.384. The molecule has 2 aromatic carbocycles. The molecule has 0 aliphatic carbocycles. The van der Waals surface area contributed by atoms with Gasteiger partial charge in [0.25, 0.3) is 5.69 Å². The van der Waals surface area contributed by atoms with E-state index in [0.717, 1.165) is 21.3 Å². The van der Waals surface area contributed by atoms with Crippen molar-refractivity contribution in [2.75, 3.05) is 5.75 Å². The Balaban J connectivity index is 1.77. The Kier molecular flexibility index (Phi) is 4.10. The highest BCUT2D eigenvalue weighted by molar-refractivity contribution is 9.10. The van der Waals surface area contributed by atoms with Crippen LogP contribution in [-0.2, 0) is 0 Å². The zero-order chi connectivity index (χ0) is 17.4. The van der Waals surface area contributed by atoms with E-state index >= 15 is 0 Å². The molecule has 0 saturated heterocycles. The van der Waals surface area contributed by atoms with Gasteiger partial charge in [-0.2, -0.15) is 9.78 Å². The van der Waals surface area contributed by atoms with E-state index in [1.54, 1.807) is 10.7 Å². The summed E-state index contributed by atoms with van der Waals surface area (Å²) in [5, 5.41) is 24.7. The minimum absolute atomic E-state index is 0.0490. The number of nitro groups is 1. The van der Waals surface area contributed by atoms with Gasteiger partial charge in [0.05, 0.1) is 10.6 Å². The van der Waals surface area contributed by atoms with Crippen LogP contribution in [0.1, 0.15) is 5.56 Å². The predicted octanol–water partition coefficient (Wildman–Crippen LogP) is 3.97. The zero-order valence-corrected chi connectivity index (χ0v) is 15.1. The van der Waals surface area contributed by atoms with Crippen molar-refractivity contribution in [2.24, 2.45) is 5.10 Å². The van der Waals surface area contributed by atoms with Crippen molar-refractivity contribution in [1.82, 2.24) is 14.9 Å². The maximum atomic E-state index is 11.0. The van der Waals surface area contributed by atoms with Gasteiger partial charge >= 0.3 is 0 Å². The van der Waals surface area contributed by atoms with Crippen LogP contribution in [0.4, 0.5) is 5.69 Å². The Morgan fingerprint density at radius 1 is 1.12 bits per heavy atom. The van der Waals surface area contributed by atoms with Crippen molar-refractivity contribution in [1.29, 1.82) is 0 Å². The number of halogens is 1. The second kappa shape index (κ2) is 6.41. The number of hydrogen-bond donors (Lipinski definition) is 0. The first-order valence-electron chi connectivity index (χ1n) is 7.28. The van der Waals surface area contributed by atoms with Crippen LogP contribution < -0.4 is 0 Å². The summed E-state index contributed by atoms with van der Waals surface area (Å²) in [6, 6.07) is 14.2. The van der Waals surface area contributed by atoms with E-state index in [-0.39, 0.29) is 5.69 Å². The van der Waals surface area contributed by atoms with Gasteiger partial charge in [-0.1, -0.05) is 52.0 Å². The minimum atomic E-state index is -0.405. The molecule has 7 nitrogen and oxygen atoms in total. The molecule has 25 heavy (non-hydrogen) atoms. The lowest BCUT2D eigenvalue weighted by Crippen LogP contribution is -2.14. The molecule has 3 aromatic rings. The first-order chi connectivity index (χ1) is 12.1. The van der Waals surface area contributed by atoms with Gasteiger partial charge in [0.15, 0.2) is 5.82 Å². The summed E-state index contributed by atoms with van der Waals surface area (Å²) in [6.45, 7) is 0. The SMILES string of the molecule is O=[N+]([O-])c1cccc(C2=Nn3c(nnc3-c3ccc(Br)cc3)SC2)c1. The Hall–Kier alpha value is -2.52. The number of aromatic nitrogens is 3. The normalized spacial score (nSPS) is 13.2. The molecular weight excluding hydrogens is 406 g/mol. The van der Waals surface area contributed by atoms with Crippen molar-refractivity contribution < 1.29 is 4.92 Å². The topological polar surface area (TPSA) is 86.2 Å². The van der Waals surface area contributed by atoms with E-state index in [2.05, 4.69) is 31.2 Å². The molecule has 124 valence electrons. The highest BCUT2D eigenvalue weighted by atomic mass is 79.9. The highest BCUT2D eigenvalue weighted by Gasteiger charge is 2.21. The van der Waals surface area contributed by atoms with Crippen LogP contribution in [0.3, 0.4) is 0 Å². The van der Waals surface area contributed by atoms with Crippen LogP contribution in [0, 0.1) is 10.1 Å². The predicted molar refractivity (Wildman–Crippen MR) is 98.9 cm³/mol. The molecule has 0 saturated carbocycles. The van der Waals surface area contributed by atoms with E-state index in [9.17, 15) is 10.1 Å². The fourth-order valence-electron chi connectivity index (χ4n) is 2.45. The van der Waals surface area contributed by atoms with E-state index < -0.39 is 4.92 Å². The molecule has 0 spiro atoms. The van der Waals surface area contributed by atoms with Gasteiger partial charge in [0.1, 0.15) is 0 Å². The van der Waals surface area contributed by atoms with Gasteiger partial charge in [-0.25, -0.2) is 0 Å². The van der Waals surface area contributed by atoms with Crippen molar-refractivity contribution in [3.8, 4) is 11.4 Å². The summed E-state index contributed by atoms with van der Waals surface area (Å²) >= 11 is 4.92. The van der Waals surface area contributed by atoms with Crippen LogP contribution in [0.2, 0.25) is 0 Å². The Morgan fingerprint density at radius 3 is 2.68 bits per heavy atom. The van der Waals surface area contributed by atoms with Crippen LogP contribution >= 0.6 is 27.7 Å². The van der Waals surface area contributed by atoms with Crippen molar-refractivity contribution in [2.45, 2.75) is 5.16 Å². The Labute approximate surface area is 155 Å². The monoisotopic (exact) mass is 415 g/mol. The number of rotatable bonds is 3. The molecule has 0 radical (unpaired) electrons. The number of nitro benzene ring substituents is 1. The number of non-ortho nitro benzene ring substituents is 1. The summed E-state index contributed by atoms with van der Waals surface area (Å²) in [5.41, 5.74) is 2.42. The second-order valence-electron chi connectivity index (χ2n) is 5.27. The van der Waals surface area contributed by atoms with Gasteiger partial charge < -0.3 is 0 Å². The summed E-state index contributed by atoms with van der Waals surface area (Å²) in [6.07, 6.45) is 0. The Morgan fingerprint density at radius 2 is 1.92 bits per heavy atom. The molecule has 0 fully saturated rings. The molecule has 0 amide bonds. The first kappa shape index (κ1) is 16.0. The lowest BCUT2D eigenvalue weighted by atomic mass is 10.1. The van der Waals surface area contributed by atoms with Gasteiger partial charge in [-0.05, 0) is 12.1 Å². The molecule has 2 heterocycles. The third-order valence-corrected chi connectivity index (χ3v) is 5.12. The van der Waals surface area contributed by atoms with E-state index in [1.807, 2.05) is 30.3 Å². The molecule has 9 heteroatoms. The summed E-state index contributed by atoms with van der Waals surface area (Å²) in [5.74, 6) is 1.22. The van der Waals surface area contributed by atoms with E-state index in [4.69, 9.17) is 0 Å². The van der Waals surface area contributed by atoms with Gasteiger partial charge in [-0.15, -0.1) is 10.2 Å². The molecule has 0 bridgehead atoms. The third kappa shape index (κ3) is 3.08. The average molecular weight is 416 g/mol. The fourth-order valence-corrected chi connectivity index (χ4v) is 3.55. The smallest absolute Gasteiger partial charge is 0.258 e. The first-order valence-corrected chi connectivity index (χ1v) is 9.06. The molecule has 1 aromatic heterocycles. The summed E-state index contributed by atoms with van der Waals surface area (Å²) < 4.78 is 2.66. The summed E-state index contributed by atoms with van der Waals surface area (Å²) in [7, 11) is 0. The Bertz CT molecular complexity index is 1000. The number of thioether (sulfide) groups is 1. The molecule has 0 N–H and O–H groups in total. The summed E-state index contributed by atoms with van der Waals surface area (Å²) in [4.78, 5) is 10.6. The van der Waals surface area contributed by atoms with Gasteiger partial charge in [0, 0.05) is 33.5 Å². The molecule has 4 rings (SSSR count). The van der Waals surface area contributed by atoms with E-state index in [1.165, 1.54) is 23.9 Å².